The SMILES string of the molecule is N#Cc1nccnc1OC1CCN(S(=O)(=O)CCC(F)(F)F)C1. The first-order chi connectivity index (χ1) is 10.7. The van der Waals surface area contributed by atoms with Gasteiger partial charge in [0, 0.05) is 18.9 Å². The molecule has 2 rings (SSSR count). The Morgan fingerprint density at radius 2 is 2.09 bits per heavy atom. The molecule has 0 aliphatic carbocycles. The summed E-state index contributed by atoms with van der Waals surface area (Å²) in [5, 5.41) is 8.87. The van der Waals surface area contributed by atoms with Crippen LogP contribution < -0.4 is 4.74 Å². The molecule has 11 heteroatoms. The summed E-state index contributed by atoms with van der Waals surface area (Å²) in [6.45, 7) is -0.0192. The molecular weight excluding hydrogens is 337 g/mol. The van der Waals surface area contributed by atoms with Gasteiger partial charge < -0.3 is 4.74 Å². The van der Waals surface area contributed by atoms with E-state index in [1.165, 1.54) is 12.4 Å². The van der Waals surface area contributed by atoms with E-state index >= 15 is 0 Å². The minimum Gasteiger partial charge on any atom is -0.471 e. The molecule has 0 radical (unpaired) electrons. The predicted molar refractivity (Wildman–Crippen MR) is 71.8 cm³/mol. The molecule has 0 aromatic carbocycles. The predicted octanol–water partition coefficient (Wildman–Crippen LogP) is 1.08. The number of ether oxygens (including phenoxy) is 1. The van der Waals surface area contributed by atoms with E-state index in [1.54, 1.807) is 6.07 Å². The lowest BCUT2D eigenvalue weighted by Gasteiger charge is -2.17. The summed E-state index contributed by atoms with van der Waals surface area (Å²) in [5.41, 5.74) is -0.0362. The summed E-state index contributed by atoms with van der Waals surface area (Å²) in [6.07, 6.45) is -3.56. The number of nitriles is 1. The Morgan fingerprint density at radius 1 is 1.39 bits per heavy atom. The Bertz CT molecular complexity index is 702. The maximum atomic E-state index is 12.2. The quantitative estimate of drug-likeness (QED) is 0.788. The second-order valence-corrected chi connectivity index (χ2v) is 6.98. The van der Waals surface area contributed by atoms with E-state index in [2.05, 4.69) is 9.97 Å². The lowest BCUT2D eigenvalue weighted by atomic mass is 10.3. The first-order valence-electron chi connectivity index (χ1n) is 6.63. The summed E-state index contributed by atoms with van der Waals surface area (Å²) < 4.78 is 66.7. The smallest absolute Gasteiger partial charge is 0.390 e. The van der Waals surface area contributed by atoms with Crippen molar-refractivity contribution >= 4 is 10.0 Å². The highest BCUT2D eigenvalue weighted by atomic mass is 32.2. The zero-order chi connectivity index (χ0) is 17.1. The normalized spacial score (nSPS) is 19.5. The van der Waals surface area contributed by atoms with Crippen molar-refractivity contribution in [1.29, 1.82) is 5.26 Å². The van der Waals surface area contributed by atoms with Gasteiger partial charge in [0.25, 0.3) is 5.88 Å². The van der Waals surface area contributed by atoms with Gasteiger partial charge in [0.2, 0.25) is 15.7 Å². The summed E-state index contributed by atoms with van der Waals surface area (Å²) in [7, 11) is -4.00. The maximum absolute atomic E-state index is 12.2. The molecule has 1 aliphatic rings. The van der Waals surface area contributed by atoms with E-state index in [4.69, 9.17) is 10.00 Å². The fourth-order valence-corrected chi connectivity index (χ4v) is 3.59. The highest BCUT2D eigenvalue weighted by Gasteiger charge is 2.36. The molecule has 23 heavy (non-hydrogen) atoms. The molecule has 1 aromatic rings. The maximum Gasteiger partial charge on any atom is 0.390 e. The van der Waals surface area contributed by atoms with Crippen LogP contribution in [0.15, 0.2) is 12.4 Å². The van der Waals surface area contributed by atoms with Crippen LogP contribution in [-0.4, -0.2) is 53.8 Å². The van der Waals surface area contributed by atoms with Crippen molar-refractivity contribution in [2.75, 3.05) is 18.8 Å². The van der Waals surface area contributed by atoms with Crippen molar-refractivity contribution in [3.05, 3.63) is 18.1 Å². The molecule has 1 saturated heterocycles. The van der Waals surface area contributed by atoms with Crippen molar-refractivity contribution in [2.45, 2.75) is 25.1 Å². The van der Waals surface area contributed by atoms with Crippen LogP contribution in [0.5, 0.6) is 5.88 Å². The van der Waals surface area contributed by atoms with Crippen LogP contribution in [0.2, 0.25) is 0 Å². The highest BCUT2D eigenvalue weighted by Crippen LogP contribution is 2.24. The van der Waals surface area contributed by atoms with E-state index in [9.17, 15) is 21.6 Å². The van der Waals surface area contributed by atoms with E-state index < -0.39 is 34.5 Å². The van der Waals surface area contributed by atoms with Gasteiger partial charge in [-0.1, -0.05) is 0 Å². The molecule has 0 saturated carbocycles. The van der Waals surface area contributed by atoms with Crippen LogP contribution in [0.4, 0.5) is 13.2 Å². The first kappa shape index (κ1) is 17.4. The Kier molecular flexibility index (Phi) is 5.06. The molecule has 2 heterocycles. The molecule has 1 atom stereocenters. The van der Waals surface area contributed by atoms with Gasteiger partial charge >= 0.3 is 6.18 Å². The van der Waals surface area contributed by atoms with E-state index in [1.807, 2.05) is 0 Å². The molecule has 1 fully saturated rings. The third kappa shape index (κ3) is 4.77. The number of hydrogen-bond acceptors (Lipinski definition) is 6. The Labute approximate surface area is 130 Å². The number of halogens is 3. The molecule has 7 nitrogen and oxygen atoms in total. The Morgan fingerprint density at radius 3 is 2.74 bits per heavy atom. The van der Waals surface area contributed by atoms with Crippen LogP contribution in [0, 0.1) is 11.3 Å². The van der Waals surface area contributed by atoms with Crippen molar-refractivity contribution in [3.63, 3.8) is 0 Å². The number of aromatic nitrogens is 2. The van der Waals surface area contributed by atoms with E-state index in [0.29, 0.717) is 6.42 Å². The van der Waals surface area contributed by atoms with Gasteiger partial charge in [-0.15, -0.1) is 0 Å². The summed E-state index contributed by atoms with van der Waals surface area (Å²) in [6, 6.07) is 1.79. The van der Waals surface area contributed by atoms with Crippen molar-refractivity contribution in [1.82, 2.24) is 14.3 Å². The molecule has 0 bridgehead atoms. The van der Waals surface area contributed by atoms with Crippen LogP contribution in [-0.2, 0) is 10.0 Å². The van der Waals surface area contributed by atoms with Gasteiger partial charge in [0.1, 0.15) is 12.2 Å². The molecule has 1 aromatic heterocycles. The van der Waals surface area contributed by atoms with Gasteiger partial charge in [-0.25, -0.2) is 18.4 Å². The number of rotatable bonds is 5. The minimum atomic E-state index is -4.52. The fourth-order valence-electron chi connectivity index (χ4n) is 2.07. The molecule has 1 unspecified atom stereocenters. The molecule has 0 N–H and O–H groups in total. The number of hydrogen-bond donors (Lipinski definition) is 0. The third-order valence-electron chi connectivity index (χ3n) is 3.19. The zero-order valence-electron chi connectivity index (χ0n) is 11.8. The lowest BCUT2D eigenvalue weighted by molar-refractivity contribution is -0.130. The topological polar surface area (TPSA) is 96.2 Å². The molecule has 0 spiro atoms. The molecular formula is C12H13F3N4O3S. The van der Waals surface area contributed by atoms with Gasteiger partial charge in [-0.05, 0) is 6.42 Å². The van der Waals surface area contributed by atoms with E-state index in [-0.39, 0.29) is 24.7 Å². The minimum absolute atomic E-state index is 0.0189. The average molecular weight is 350 g/mol. The van der Waals surface area contributed by atoms with Gasteiger partial charge in [0.05, 0.1) is 18.7 Å². The lowest BCUT2D eigenvalue weighted by Crippen LogP contribution is -2.34. The highest BCUT2D eigenvalue weighted by molar-refractivity contribution is 7.89. The average Bonchev–Trinajstić information content (AvgIpc) is 2.95. The number of alkyl halides is 3. The van der Waals surface area contributed by atoms with E-state index in [0.717, 1.165) is 4.31 Å². The van der Waals surface area contributed by atoms with Crippen molar-refractivity contribution in [2.24, 2.45) is 0 Å². The second kappa shape index (κ2) is 6.67. The standard InChI is InChI=1S/C12H13F3N4O3S/c13-12(14,15)2-6-23(20,21)19-5-1-9(8-19)22-11-10(7-16)17-3-4-18-11/h3-4,9H,1-2,5-6,8H2. The summed E-state index contributed by atoms with van der Waals surface area (Å²) in [4.78, 5) is 7.60. The van der Waals surface area contributed by atoms with Gasteiger partial charge in [-0.2, -0.15) is 22.7 Å². The van der Waals surface area contributed by atoms with Crippen LogP contribution in [0.1, 0.15) is 18.5 Å². The van der Waals surface area contributed by atoms with Crippen LogP contribution in [0.25, 0.3) is 0 Å². The molecule has 1 aliphatic heterocycles. The van der Waals surface area contributed by atoms with Crippen molar-refractivity contribution < 1.29 is 26.3 Å². The van der Waals surface area contributed by atoms with Crippen LogP contribution >= 0.6 is 0 Å². The number of sulfonamides is 1. The first-order valence-corrected chi connectivity index (χ1v) is 8.24. The Balaban J connectivity index is 1.97. The van der Waals surface area contributed by atoms with Crippen LogP contribution in [0.3, 0.4) is 0 Å². The second-order valence-electron chi connectivity index (χ2n) is 4.89. The Hall–Kier alpha value is -1.93. The van der Waals surface area contributed by atoms with Crippen molar-refractivity contribution in [3.8, 4) is 11.9 Å². The summed E-state index contributed by atoms with van der Waals surface area (Å²) in [5.74, 6) is -1.01. The van der Waals surface area contributed by atoms with Gasteiger partial charge in [0.15, 0.2) is 0 Å². The number of nitrogens with zero attached hydrogens (tertiary/aromatic N) is 4. The third-order valence-corrected chi connectivity index (χ3v) is 5.03. The zero-order valence-corrected chi connectivity index (χ0v) is 12.6. The van der Waals surface area contributed by atoms with Gasteiger partial charge in [-0.3, -0.25) is 0 Å². The summed E-state index contributed by atoms with van der Waals surface area (Å²) >= 11 is 0. The molecule has 126 valence electrons. The largest absolute Gasteiger partial charge is 0.471 e. The fraction of sp³-hybridized carbons (Fsp3) is 0.583. The monoisotopic (exact) mass is 350 g/mol. The molecule has 0 amide bonds.